The van der Waals surface area contributed by atoms with Crippen molar-refractivity contribution in [1.82, 2.24) is 9.13 Å². The Bertz CT molecular complexity index is 1880. The average Bonchev–Trinajstić information content (AvgIpc) is 3.56. The van der Waals surface area contributed by atoms with Crippen LogP contribution in [0.4, 0.5) is 0 Å². The Labute approximate surface area is 238 Å². The molecule has 0 atom stereocenters. The molecule has 2 aromatic heterocycles. The molecular formula is C33H28Br2N2O. The molecule has 5 heteroatoms. The van der Waals surface area contributed by atoms with Crippen molar-refractivity contribution in [1.29, 1.82) is 0 Å². The van der Waals surface area contributed by atoms with Gasteiger partial charge in [-0.3, -0.25) is 4.79 Å². The normalized spacial score (nSPS) is 12.8. The van der Waals surface area contributed by atoms with Crippen molar-refractivity contribution in [2.75, 3.05) is 10.7 Å². The number of unbranched alkanes of at least 4 members (excludes halogenated alkanes) is 2. The number of fused-ring (bicyclic) bond motifs is 12. The van der Waals surface area contributed by atoms with E-state index in [1.165, 1.54) is 38.2 Å². The maximum atomic E-state index is 14.2. The van der Waals surface area contributed by atoms with Gasteiger partial charge in [0, 0.05) is 73.0 Å². The minimum absolute atomic E-state index is 0.156. The van der Waals surface area contributed by atoms with Gasteiger partial charge >= 0.3 is 0 Å². The van der Waals surface area contributed by atoms with Crippen molar-refractivity contribution >= 4 is 81.3 Å². The fourth-order valence-corrected chi connectivity index (χ4v) is 7.37. The lowest BCUT2D eigenvalue weighted by Gasteiger charge is -2.14. The van der Waals surface area contributed by atoms with Gasteiger partial charge in [0.1, 0.15) is 0 Å². The van der Waals surface area contributed by atoms with E-state index in [2.05, 4.69) is 102 Å². The summed E-state index contributed by atoms with van der Waals surface area (Å²) in [5.41, 5.74) is 8.79. The smallest absolute Gasteiger partial charge is 0.195 e. The van der Waals surface area contributed by atoms with Gasteiger partial charge in [-0.05, 0) is 43.4 Å². The number of aromatic nitrogens is 2. The van der Waals surface area contributed by atoms with Gasteiger partial charge < -0.3 is 9.13 Å². The minimum Gasteiger partial charge on any atom is -0.340 e. The van der Waals surface area contributed by atoms with Crippen molar-refractivity contribution in [3.05, 3.63) is 83.9 Å². The molecule has 0 aliphatic heterocycles. The first kappa shape index (κ1) is 24.2. The molecule has 0 N–H and O–H groups in total. The second-order valence-corrected chi connectivity index (χ2v) is 11.8. The number of carbonyl (C=O) groups is 1. The van der Waals surface area contributed by atoms with E-state index in [0.29, 0.717) is 0 Å². The molecule has 3 nitrogen and oxygen atoms in total. The van der Waals surface area contributed by atoms with Crippen LogP contribution >= 0.6 is 31.9 Å². The highest BCUT2D eigenvalue weighted by atomic mass is 79.9. The van der Waals surface area contributed by atoms with Crippen LogP contribution in [0.2, 0.25) is 0 Å². The number of alkyl halides is 2. The highest BCUT2D eigenvalue weighted by Gasteiger charge is 2.35. The Balaban J connectivity index is 1.73. The molecule has 0 amide bonds. The summed E-state index contributed by atoms with van der Waals surface area (Å²) in [5, 5.41) is 6.84. The summed E-state index contributed by atoms with van der Waals surface area (Å²) in [6.07, 6.45) is 4.38. The van der Waals surface area contributed by atoms with Crippen LogP contribution in [0.5, 0.6) is 0 Å². The molecule has 0 bridgehead atoms. The third-order valence-corrected chi connectivity index (χ3v) is 9.24. The third-order valence-electron chi connectivity index (χ3n) is 8.11. The Hall–Kier alpha value is -2.89. The zero-order valence-corrected chi connectivity index (χ0v) is 24.3. The number of rotatable bonds is 8. The van der Waals surface area contributed by atoms with Gasteiger partial charge in [-0.1, -0.05) is 92.5 Å². The van der Waals surface area contributed by atoms with Crippen LogP contribution in [0.1, 0.15) is 41.6 Å². The van der Waals surface area contributed by atoms with E-state index >= 15 is 0 Å². The van der Waals surface area contributed by atoms with Crippen LogP contribution in [0.15, 0.2) is 72.8 Å². The summed E-state index contributed by atoms with van der Waals surface area (Å²) in [4.78, 5) is 14.2. The molecule has 38 heavy (non-hydrogen) atoms. The van der Waals surface area contributed by atoms with Gasteiger partial charge in [-0.2, -0.15) is 0 Å². The van der Waals surface area contributed by atoms with Gasteiger partial charge in [0.05, 0.1) is 11.0 Å². The monoisotopic (exact) mass is 626 g/mol. The molecule has 0 fully saturated rings. The summed E-state index contributed by atoms with van der Waals surface area (Å²) in [6, 6.07) is 25.7. The van der Waals surface area contributed by atoms with Crippen molar-refractivity contribution in [3.8, 4) is 11.1 Å². The molecule has 0 radical (unpaired) electrons. The second kappa shape index (κ2) is 9.69. The summed E-state index contributed by atoms with van der Waals surface area (Å²) >= 11 is 7.25. The van der Waals surface area contributed by atoms with Crippen molar-refractivity contribution in [3.63, 3.8) is 0 Å². The molecule has 2 heterocycles. The Morgan fingerprint density at radius 2 is 1.08 bits per heavy atom. The fourth-order valence-electron chi connectivity index (χ4n) is 6.58. The van der Waals surface area contributed by atoms with Crippen LogP contribution in [-0.4, -0.2) is 25.6 Å². The van der Waals surface area contributed by atoms with Crippen LogP contribution in [0, 0.1) is 0 Å². The van der Waals surface area contributed by atoms with Crippen LogP contribution in [0.25, 0.3) is 54.7 Å². The molecule has 0 unspecified atom stereocenters. The summed E-state index contributed by atoms with van der Waals surface area (Å²) < 4.78 is 5.00. The summed E-state index contributed by atoms with van der Waals surface area (Å²) in [5.74, 6) is 0.156. The van der Waals surface area contributed by atoms with Gasteiger partial charge in [0.2, 0.25) is 0 Å². The predicted octanol–water partition coefficient (Wildman–Crippen LogP) is 9.46. The van der Waals surface area contributed by atoms with E-state index in [1.54, 1.807) is 0 Å². The average molecular weight is 628 g/mol. The number of hydrogen-bond acceptors (Lipinski definition) is 1. The number of hydrogen-bond donors (Lipinski definition) is 0. The standard InChI is InChI=1S/C33H28Br2N2O/c34-17-7-9-19-36-25-15-5-3-13-23(25)28-30-27(21-11-1-2-12-22(21)33(30)38)31-29(32(28)36)24-14-4-6-16-26(24)37(31)20-10-8-18-35/h1-6,11-16H,7-10,17-20H2. The molecule has 1 aliphatic carbocycles. The van der Waals surface area contributed by atoms with E-state index in [9.17, 15) is 4.79 Å². The van der Waals surface area contributed by atoms with E-state index < -0.39 is 0 Å². The lowest BCUT2D eigenvalue weighted by molar-refractivity contribution is 0.104. The van der Waals surface area contributed by atoms with Crippen LogP contribution < -0.4 is 0 Å². The molecule has 0 saturated heterocycles. The lowest BCUT2D eigenvalue weighted by atomic mass is 9.96. The Kier molecular flexibility index (Phi) is 6.17. The molecule has 1 aliphatic rings. The maximum Gasteiger partial charge on any atom is 0.195 e. The van der Waals surface area contributed by atoms with Crippen molar-refractivity contribution < 1.29 is 4.79 Å². The van der Waals surface area contributed by atoms with E-state index in [-0.39, 0.29) is 5.78 Å². The molecule has 0 saturated carbocycles. The summed E-state index contributed by atoms with van der Waals surface area (Å²) in [7, 11) is 0. The minimum atomic E-state index is 0.156. The predicted molar refractivity (Wildman–Crippen MR) is 167 cm³/mol. The first-order chi connectivity index (χ1) is 18.8. The fraction of sp³-hybridized carbons (Fsp3) is 0.242. The summed E-state index contributed by atoms with van der Waals surface area (Å²) in [6.45, 7) is 1.85. The Morgan fingerprint density at radius 1 is 0.553 bits per heavy atom. The molecule has 4 aromatic carbocycles. The first-order valence-electron chi connectivity index (χ1n) is 13.5. The van der Waals surface area contributed by atoms with Gasteiger partial charge in [-0.15, -0.1) is 0 Å². The van der Waals surface area contributed by atoms with Crippen LogP contribution in [-0.2, 0) is 13.1 Å². The highest BCUT2D eigenvalue weighted by molar-refractivity contribution is 9.09. The maximum absolute atomic E-state index is 14.2. The van der Waals surface area contributed by atoms with Gasteiger partial charge in [0.25, 0.3) is 0 Å². The molecular weight excluding hydrogens is 600 g/mol. The largest absolute Gasteiger partial charge is 0.340 e. The quantitative estimate of drug-likeness (QED) is 0.122. The van der Waals surface area contributed by atoms with E-state index in [0.717, 1.165) is 77.1 Å². The number of nitrogens with zero attached hydrogens (tertiary/aromatic N) is 2. The van der Waals surface area contributed by atoms with Crippen molar-refractivity contribution in [2.45, 2.75) is 38.8 Å². The van der Waals surface area contributed by atoms with E-state index in [4.69, 9.17) is 0 Å². The number of halogens is 2. The number of aryl methyl sites for hydroxylation is 2. The second-order valence-electron chi connectivity index (χ2n) is 10.2. The van der Waals surface area contributed by atoms with Crippen LogP contribution in [0.3, 0.4) is 0 Å². The first-order valence-corrected chi connectivity index (χ1v) is 15.7. The van der Waals surface area contributed by atoms with E-state index in [1.807, 2.05) is 12.1 Å². The molecule has 190 valence electrons. The highest BCUT2D eigenvalue weighted by Crippen LogP contribution is 2.51. The van der Waals surface area contributed by atoms with Gasteiger partial charge in [-0.25, -0.2) is 0 Å². The Morgan fingerprint density at radius 3 is 1.71 bits per heavy atom. The molecule has 6 aromatic rings. The SMILES string of the molecule is O=C1c2ccccc2-c2c1c1c3ccccc3n(CCCCBr)c1c1c3ccccc3n(CCCCBr)c21. The number of benzene rings is 4. The lowest BCUT2D eigenvalue weighted by Crippen LogP contribution is -2.03. The zero-order chi connectivity index (χ0) is 25.8. The zero-order valence-electron chi connectivity index (χ0n) is 21.1. The topological polar surface area (TPSA) is 26.9 Å². The van der Waals surface area contributed by atoms with Crippen molar-refractivity contribution in [2.24, 2.45) is 0 Å². The number of ketones is 1. The van der Waals surface area contributed by atoms with Gasteiger partial charge in [0.15, 0.2) is 5.78 Å². The number of para-hydroxylation sites is 2. The third kappa shape index (κ3) is 3.41. The molecule has 7 rings (SSSR count). The molecule has 0 spiro atoms. The number of carbonyl (C=O) groups excluding carboxylic acids is 1.